The van der Waals surface area contributed by atoms with Crippen LogP contribution in [0.2, 0.25) is 0 Å². The molecule has 0 N–H and O–H groups in total. The van der Waals surface area contributed by atoms with Crippen molar-refractivity contribution in [1.82, 2.24) is 19.4 Å². The van der Waals surface area contributed by atoms with E-state index in [0.717, 1.165) is 49.9 Å². The summed E-state index contributed by atoms with van der Waals surface area (Å²) in [5.74, 6) is 0.212. The van der Waals surface area contributed by atoms with Gasteiger partial charge in [-0.15, -0.1) is 0 Å². The van der Waals surface area contributed by atoms with Crippen molar-refractivity contribution in [3.05, 3.63) is 71.3 Å². The molecule has 0 spiro atoms. The largest absolute Gasteiger partial charge is 0.342 e. The summed E-state index contributed by atoms with van der Waals surface area (Å²) in [5.41, 5.74) is 3.56. The lowest BCUT2D eigenvalue weighted by Crippen LogP contribution is -2.38. The molecule has 2 amide bonds. The summed E-state index contributed by atoms with van der Waals surface area (Å²) in [6, 6.07) is 10.3. The molecule has 2 aliphatic rings. The number of pyridine rings is 1. The summed E-state index contributed by atoms with van der Waals surface area (Å²) >= 11 is 0. The van der Waals surface area contributed by atoms with Gasteiger partial charge in [0.15, 0.2) is 0 Å². The Balaban J connectivity index is 1.25. The number of aromatic nitrogens is 2. The third-order valence-electron chi connectivity index (χ3n) is 7.01. The van der Waals surface area contributed by atoms with E-state index in [1.54, 1.807) is 22.8 Å². The van der Waals surface area contributed by atoms with E-state index in [1.165, 1.54) is 24.1 Å². The fourth-order valence-electron chi connectivity index (χ4n) is 5.03. The molecule has 0 atom stereocenters. The number of hydrogen-bond donors (Lipinski definition) is 0. The highest BCUT2D eigenvalue weighted by Crippen LogP contribution is 2.30. The van der Waals surface area contributed by atoms with Gasteiger partial charge in [-0.3, -0.25) is 9.59 Å². The molecule has 0 bridgehead atoms. The molecule has 0 aliphatic carbocycles. The number of benzene rings is 1. The fourth-order valence-corrected chi connectivity index (χ4v) is 5.03. The summed E-state index contributed by atoms with van der Waals surface area (Å²) in [6.07, 6.45) is 9.01. The van der Waals surface area contributed by atoms with E-state index in [1.807, 2.05) is 16.0 Å². The van der Waals surface area contributed by atoms with E-state index in [2.05, 4.69) is 17.2 Å². The molecule has 6 nitrogen and oxygen atoms in total. The topological polar surface area (TPSA) is 57.9 Å². The van der Waals surface area contributed by atoms with Crippen LogP contribution in [0.1, 0.15) is 59.5 Å². The number of nitrogens with zero attached hydrogens (tertiary/aromatic N) is 4. The zero-order valence-electron chi connectivity index (χ0n) is 18.8. The first-order valence-corrected chi connectivity index (χ1v) is 11.9. The van der Waals surface area contributed by atoms with Gasteiger partial charge < -0.3 is 9.80 Å². The van der Waals surface area contributed by atoms with Gasteiger partial charge in [0.1, 0.15) is 5.82 Å². The van der Waals surface area contributed by atoms with Gasteiger partial charge in [0, 0.05) is 32.4 Å². The second-order valence-corrected chi connectivity index (χ2v) is 9.16. The molecule has 0 radical (unpaired) electrons. The second kappa shape index (κ2) is 9.33. The van der Waals surface area contributed by atoms with Crippen molar-refractivity contribution in [3.63, 3.8) is 0 Å². The molecule has 2 aromatic heterocycles. The van der Waals surface area contributed by atoms with Crippen LogP contribution in [0.15, 0.2) is 48.8 Å². The van der Waals surface area contributed by atoms with Gasteiger partial charge in [-0.25, -0.2) is 8.91 Å². The summed E-state index contributed by atoms with van der Waals surface area (Å²) in [6.45, 7) is 3.05. The molecule has 2 aliphatic heterocycles. The lowest BCUT2D eigenvalue weighted by atomic mass is 9.89. The van der Waals surface area contributed by atoms with E-state index in [0.29, 0.717) is 31.0 Å². The van der Waals surface area contributed by atoms with Gasteiger partial charge >= 0.3 is 0 Å². The van der Waals surface area contributed by atoms with Crippen molar-refractivity contribution in [1.29, 1.82) is 0 Å². The summed E-state index contributed by atoms with van der Waals surface area (Å²) < 4.78 is 14.9. The number of rotatable bonds is 4. The number of halogens is 1. The van der Waals surface area contributed by atoms with Crippen LogP contribution in [-0.4, -0.2) is 57.4 Å². The van der Waals surface area contributed by atoms with Crippen LogP contribution in [0.4, 0.5) is 4.39 Å². The molecule has 1 aromatic carbocycles. The normalized spacial score (nSPS) is 17.5. The number of carbonyl (C=O) groups is 2. The summed E-state index contributed by atoms with van der Waals surface area (Å²) in [7, 11) is 0. The van der Waals surface area contributed by atoms with E-state index in [9.17, 15) is 14.0 Å². The van der Waals surface area contributed by atoms with E-state index >= 15 is 0 Å². The number of likely N-dealkylation sites (tertiary alicyclic amines) is 2. The van der Waals surface area contributed by atoms with Gasteiger partial charge in [0.05, 0.1) is 23.7 Å². The lowest BCUT2D eigenvalue weighted by molar-refractivity contribution is -0.131. The molecule has 2 fully saturated rings. The molecule has 0 saturated carbocycles. The zero-order chi connectivity index (χ0) is 22.8. The number of piperidine rings is 2. The Bertz CT molecular complexity index is 1140. The van der Waals surface area contributed by atoms with Crippen molar-refractivity contribution < 1.29 is 14.0 Å². The molecule has 4 heterocycles. The fraction of sp³-hybridized carbons (Fsp3) is 0.423. The number of fused-ring (bicyclic) bond motifs is 1. The SMILES string of the molecule is O=C(Cc1ccc(F)cc1)N1CCC(c2ccn3ncc(C(=O)N4CCCCC4)c3c2)CC1. The van der Waals surface area contributed by atoms with Crippen LogP contribution in [0.25, 0.3) is 5.52 Å². The Morgan fingerprint density at radius 1 is 0.939 bits per heavy atom. The van der Waals surface area contributed by atoms with Gasteiger partial charge in [-0.2, -0.15) is 5.10 Å². The Morgan fingerprint density at radius 3 is 2.39 bits per heavy atom. The molecule has 0 unspecified atom stereocenters. The van der Waals surface area contributed by atoms with Crippen molar-refractivity contribution in [2.45, 2.75) is 44.4 Å². The lowest BCUT2D eigenvalue weighted by Gasteiger charge is -2.32. The Morgan fingerprint density at radius 2 is 1.67 bits per heavy atom. The highest BCUT2D eigenvalue weighted by Gasteiger charge is 2.26. The maximum Gasteiger partial charge on any atom is 0.257 e. The maximum atomic E-state index is 13.1. The minimum atomic E-state index is -0.289. The molecular weight excluding hydrogens is 419 g/mol. The molecule has 7 heteroatoms. The van der Waals surface area contributed by atoms with Crippen molar-refractivity contribution >= 4 is 17.3 Å². The van der Waals surface area contributed by atoms with Crippen LogP contribution >= 0.6 is 0 Å². The van der Waals surface area contributed by atoms with Crippen LogP contribution in [0.3, 0.4) is 0 Å². The average molecular weight is 449 g/mol. The smallest absolute Gasteiger partial charge is 0.257 e. The highest BCUT2D eigenvalue weighted by atomic mass is 19.1. The average Bonchev–Trinajstić information content (AvgIpc) is 3.29. The van der Waals surface area contributed by atoms with Crippen molar-refractivity contribution in [3.8, 4) is 0 Å². The quantitative estimate of drug-likeness (QED) is 0.605. The van der Waals surface area contributed by atoms with Crippen LogP contribution < -0.4 is 0 Å². The summed E-state index contributed by atoms with van der Waals surface area (Å²) in [4.78, 5) is 29.6. The molecule has 33 heavy (non-hydrogen) atoms. The monoisotopic (exact) mass is 448 g/mol. The van der Waals surface area contributed by atoms with Crippen LogP contribution in [0.5, 0.6) is 0 Å². The summed E-state index contributed by atoms with van der Waals surface area (Å²) in [5, 5.41) is 4.39. The zero-order valence-corrected chi connectivity index (χ0v) is 18.8. The molecule has 5 rings (SSSR count). The predicted molar refractivity (Wildman–Crippen MR) is 124 cm³/mol. The number of hydrogen-bond acceptors (Lipinski definition) is 3. The highest BCUT2D eigenvalue weighted by molar-refractivity contribution is 6.00. The Labute approximate surface area is 193 Å². The van der Waals surface area contributed by atoms with Gasteiger partial charge in [0.2, 0.25) is 5.91 Å². The third-order valence-corrected chi connectivity index (χ3v) is 7.01. The Kier molecular flexibility index (Phi) is 6.11. The van der Waals surface area contributed by atoms with Crippen molar-refractivity contribution in [2.24, 2.45) is 0 Å². The van der Waals surface area contributed by atoms with E-state index < -0.39 is 0 Å². The minimum Gasteiger partial charge on any atom is -0.342 e. The number of amides is 2. The maximum absolute atomic E-state index is 13.1. The van der Waals surface area contributed by atoms with E-state index in [4.69, 9.17) is 0 Å². The van der Waals surface area contributed by atoms with Gasteiger partial charge in [0.25, 0.3) is 5.91 Å². The van der Waals surface area contributed by atoms with Crippen molar-refractivity contribution in [2.75, 3.05) is 26.2 Å². The first kappa shape index (κ1) is 21.6. The van der Waals surface area contributed by atoms with Gasteiger partial charge in [-0.1, -0.05) is 12.1 Å². The minimum absolute atomic E-state index is 0.0723. The van der Waals surface area contributed by atoms with Gasteiger partial charge in [-0.05, 0) is 73.4 Å². The van der Waals surface area contributed by atoms with E-state index in [-0.39, 0.29) is 17.6 Å². The third kappa shape index (κ3) is 4.63. The molecule has 2 saturated heterocycles. The Hall–Kier alpha value is -3.22. The first-order chi connectivity index (χ1) is 16.1. The number of carbonyl (C=O) groups excluding carboxylic acids is 2. The standard InChI is InChI=1S/C26H29FN4O2/c27-22-6-4-19(5-7-22)16-25(32)29-13-8-20(9-14-29)21-10-15-31-24(17-21)23(18-28-31)26(33)30-11-2-1-3-12-30/h4-7,10,15,17-18,20H,1-3,8-9,11-14,16H2. The van der Waals surface area contributed by atoms with Crippen LogP contribution in [0, 0.1) is 5.82 Å². The first-order valence-electron chi connectivity index (χ1n) is 11.9. The molecule has 172 valence electrons. The predicted octanol–water partition coefficient (Wildman–Crippen LogP) is 4.05. The second-order valence-electron chi connectivity index (χ2n) is 9.16. The molecular formula is C26H29FN4O2. The molecule has 3 aromatic rings. The van der Waals surface area contributed by atoms with Crippen LogP contribution in [-0.2, 0) is 11.2 Å².